The minimum atomic E-state index is 0.648. The van der Waals surface area contributed by atoms with Crippen molar-refractivity contribution in [2.75, 3.05) is 6.26 Å². The quantitative estimate of drug-likeness (QED) is 0.519. The second-order valence-corrected chi connectivity index (χ2v) is 5.17. The zero-order chi connectivity index (χ0) is 13.0. The maximum Gasteiger partial charge on any atom is 0.153 e. The zero-order valence-corrected chi connectivity index (χ0v) is 11.8. The van der Waals surface area contributed by atoms with Crippen LogP contribution in [0.2, 0.25) is 0 Å². The van der Waals surface area contributed by atoms with Crippen molar-refractivity contribution in [3.8, 4) is 0 Å². The number of nitrogens with zero attached hydrogens (tertiary/aromatic N) is 2. The molecule has 1 N–H and O–H groups in total. The van der Waals surface area contributed by atoms with Crippen LogP contribution in [0.4, 0.5) is 0 Å². The first kappa shape index (κ1) is 13.0. The third-order valence-corrected chi connectivity index (χ3v) is 3.52. The van der Waals surface area contributed by atoms with Gasteiger partial charge in [-0.3, -0.25) is 5.43 Å². The molecule has 2 aromatic rings. The number of rotatable bonds is 2. The number of aromatic nitrogens is 1. The van der Waals surface area contributed by atoms with Crippen molar-refractivity contribution in [1.82, 2.24) is 10.4 Å². The lowest BCUT2D eigenvalue weighted by Crippen LogP contribution is -2.13. The predicted octanol–water partition coefficient (Wildman–Crippen LogP) is 3.20. The number of hydrazone groups is 1. The Kier molecular flexibility index (Phi) is 4.28. The molecule has 92 valence electrons. The van der Waals surface area contributed by atoms with E-state index in [-0.39, 0.29) is 0 Å². The Labute approximate surface area is 116 Å². The number of benzene rings is 1. The molecule has 2 rings (SSSR count). The fourth-order valence-electron chi connectivity index (χ4n) is 1.50. The zero-order valence-electron chi connectivity index (χ0n) is 10.2. The van der Waals surface area contributed by atoms with E-state index in [4.69, 9.17) is 12.2 Å². The van der Waals surface area contributed by atoms with E-state index in [9.17, 15) is 0 Å². The highest BCUT2D eigenvalue weighted by Crippen LogP contribution is 2.12. The van der Waals surface area contributed by atoms with E-state index in [1.807, 2.05) is 49.6 Å². The average molecular weight is 275 g/mol. The molecular formula is C13H13N3S2. The second kappa shape index (κ2) is 5.93. The number of pyridine rings is 1. The predicted molar refractivity (Wildman–Crippen MR) is 83.2 cm³/mol. The second-order valence-electron chi connectivity index (χ2n) is 3.69. The number of thiocarbonyl (C=S) groups is 1. The van der Waals surface area contributed by atoms with E-state index in [0.29, 0.717) is 4.32 Å². The fourth-order valence-corrected chi connectivity index (χ4v) is 1.68. The molecule has 3 nitrogen and oxygen atoms in total. The molecule has 0 bridgehead atoms. The highest BCUT2D eigenvalue weighted by Gasteiger charge is 2.01. The Bertz CT molecular complexity index is 608. The van der Waals surface area contributed by atoms with E-state index in [2.05, 4.69) is 15.5 Å². The van der Waals surface area contributed by atoms with Gasteiger partial charge in [-0.05, 0) is 25.3 Å². The van der Waals surface area contributed by atoms with E-state index in [0.717, 1.165) is 22.3 Å². The molecule has 0 amide bonds. The van der Waals surface area contributed by atoms with Crippen LogP contribution in [0, 0.1) is 0 Å². The molecule has 0 saturated carbocycles. The van der Waals surface area contributed by atoms with E-state index >= 15 is 0 Å². The molecule has 5 heteroatoms. The van der Waals surface area contributed by atoms with Crippen molar-refractivity contribution in [2.24, 2.45) is 5.10 Å². The Morgan fingerprint density at radius 2 is 2.06 bits per heavy atom. The summed E-state index contributed by atoms with van der Waals surface area (Å²) in [7, 11) is 0. The van der Waals surface area contributed by atoms with Crippen molar-refractivity contribution in [1.29, 1.82) is 0 Å². The van der Waals surface area contributed by atoms with Crippen LogP contribution in [-0.4, -0.2) is 21.3 Å². The molecule has 18 heavy (non-hydrogen) atoms. The molecule has 0 aliphatic heterocycles. The normalized spacial score (nSPS) is 11.6. The summed E-state index contributed by atoms with van der Waals surface area (Å²) < 4.78 is 0.648. The molecule has 1 aromatic carbocycles. The van der Waals surface area contributed by atoms with E-state index < -0.39 is 0 Å². The van der Waals surface area contributed by atoms with Crippen molar-refractivity contribution >= 4 is 44.9 Å². The lowest BCUT2D eigenvalue weighted by molar-refractivity contribution is 1.05. The fraction of sp³-hybridized carbons (Fsp3) is 0.154. The number of para-hydroxylation sites is 1. The summed E-state index contributed by atoms with van der Waals surface area (Å²) in [5.41, 5.74) is 5.46. The maximum absolute atomic E-state index is 5.02. The number of thioether (sulfide) groups is 1. The molecule has 0 fully saturated rings. The standard InChI is InChI=1S/C13H13N3S2/c1-9(15-16-13(17)18-2)11-8-7-10-5-3-4-6-12(10)14-11/h3-8H,1-2H3,(H,16,17)/b15-9-. The topological polar surface area (TPSA) is 37.3 Å². The van der Waals surface area contributed by atoms with Gasteiger partial charge in [0.25, 0.3) is 0 Å². The van der Waals surface area contributed by atoms with Gasteiger partial charge in [-0.15, -0.1) is 0 Å². The molecular weight excluding hydrogens is 262 g/mol. The summed E-state index contributed by atoms with van der Waals surface area (Å²) in [6, 6.07) is 12.0. The minimum absolute atomic E-state index is 0.648. The summed E-state index contributed by atoms with van der Waals surface area (Å²) >= 11 is 6.48. The molecule has 0 aliphatic carbocycles. The van der Waals surface area contributed by atoms with E-state index in [1.54, 1.807) is 0 Å². The van der Waals surface area contributed by atoms with E-state index in [1.165, 1.54) is 11.8 Å². The van der Waals surface area contributed by atoms with Crippen LogP contribution in [0.5, 0.6) is 0 Å². The van der Waals surface area contributed by atoms with Gasteiger partial charge in [0, 0.05) is 5.39 Å². The first-order chi connectivity index (χ1) is 8.70. The van der Waals surface area contributed by atoms with Crippen LogP contribution in [0.3, 0.4) is 0 Å². The third-order valence-electron chi connectivity index (χ3n) is 2.47. The maximum atomic E-state index is 5.02. The van der Waals surface area contributed by atoms with Crippen LogP contribution in [0.25, 0.3) is 10.9 Å². The van der Waals surface area contributed by atoms with Gasteiger partial charge in [0.2, 0.25) is 0 Å². The van der Waals surface area contributed by atoms with Crippen molar-refractivity contribution in [3.63, 3.8) is 0 Å². The summed E-state index contributed by atoms with van der Waals surface area (Å²) in [6.07, 6.45) is 1.91. The SMILES string of the molecule is CSC(=S)N/N=C(/C)c1ccc2ccccc2n1. The number of hydrogen-bond donors (Lipinski definition) is 1. The van der Waals surface area contributed by atoms with Gasteiger partial charge in [-0.25, -0.2) is 4.98 Å². The van der Waals surface area contributed by atoms with Crippen LogP contribution < -0.4 is 5.43 Å². The third kappa shape index (κ3) is 3.05. The van der Waals surface area contributed by atoms with Gasteiger partial charge in [0.15, 0.2) is 4.32 Å². The summed E-state index contributed by atoms with van der Waals surface area (Å²) in [5.74, 6) is 0. The lowest BCUT2D eigenvalue weighted by atomic mass is 10.2. The molecule has 0 saturated heterocycles. The summed E-state index contributed by atoms with van der Waals surface area (Å²) in [4.78, 5) is 4.56. The van der Waals surface area contributed by atoms with Crippen molar-refractivity contribution in [2.45, 2.75) is 6.92 Å². The molecule has 0 atom stereocenters. The number of hydrogen-bond acceptors (Lipinski definition) is 4. The van der Waals surface area contributed by atoms with Crippen molar-refractivity contribution in [3.05, 3.63) is 42.1 Å². The van der Waals surface area contributed by atoms with Crippen molar-refractivity contribution < 1.29 is 0 Å². The van der Waals surface area contributed by atoms with Crippen LogP contribution in [0.1, 0.15) is 12.6 Å². The molecule has 0 spiro atoms. The van der Waals surface area contributed by atoms with Crippen LogP contribution in [-0.2, 0) is 0 Å². The van der Waals surface area contributed by atoms with Gasteiger partial charge in [0.1, 0.15) is 0 Å². The summed E-state index contributed by atoms with van der Waals surface area (Å²) in [6.45, 7) is 1.91. The summed E-state index contributed by atoms with van der Waals surface area (Å²) in [5, 5.41) is 5.34. The minimum Gasteiger partial charge on any atom is -0.262 e. The van der Waals surface area contributed by atoms with Gasteiger partial charge < -0.3 is 0 Å². The first-order valence-electron chi connectivity index (χ1n) is 5.45. The van der Waals surface area contributed by atoms with Gasteiger partial charge in [-0.2, -0.15) is 5.10 Å². The van der Waals surface area contributed by atoms with Gasteiger partial charge in [0.05, 0.1) is 16.9 Å². The smallest absolute Gasteiger partial charge is 0.153 e. The highest BCUT2D eigenvalue weighted by molar-refractivity contribution is 8.22. The molecule has 1 aromatic heterocycles. The molecule has 1 heterocycles. The molecule has 0 unspecified atom stereocenters. The average Bonchev–Trinajstić information content (AvgIpc) is 2.43. The van der Waals surface area contributed by atoms with Crippen LogP contribution >= 0.6 is 24.0 Å². The first-order valence-corrected chi connectivity index (χ1v) is 7.08. The Hall–Kier alpha value is -1.46. The Morgan fingerprint density at radius 3 is 2.83 bits per heavy atom. The number of fused-ring (bicyclic) bond motifs is 1. The molecule has 0 radical (unpaired) electrons. The molecule has 0 aliphatic rings. The van der Waals surface area contributed by atoms with Crippen LogP contribution in [0.15, 0.2) is 41.5 Å². The monoisotopic (exact) mass is 275 g/mol. The lowest BCUT2D eigenvalue weighted by Gasteiger charge is -2.03. The number of nitrogens with one attached hydrogen (secondary N) is 1. The van der Waals surface area contributed by atoms with Gasteiger partial charge >= 0.3 is 0 Å². The Balaban J connectivity index is 2.27. The Morgan fingerprint density at radius 1 is 1.28 bits per heavy atom. The highest BCUT2D eigenvalue weighted by atomic mass is 32.2. The van der Waals surface area contributed by atoms with Gasteiger partial charge in [-0.1, -0.05) is 48.2 Å². The largest absolute Gasteiger partial charge is 0.262 e.